The fraction of sp³-hybridized carbons (Fsp3) is 0.263. The number of fused-ring (bicyclic) bond motifs is 1. The van der Waals surface area contributed by atoms with E-state index in [9.17, 15) is 18.0 Å². The van der Waals surface area contributed by atoms with Crippen LogP contribution in [-0.2, 0) is 26.0 Å². The van der Waals surface area contributed by atoms with Gasteiger partial charge in [0.25, 0.3) is 5.91 Å². The van der Waals surface area contributed by atoms with Gasteiger partial charge in [-0.15, -0.1) is 0 Å². The van der Waals surface area contributed by atoms with E-state index in [0.29, 0.717) is 17.7 Å². The Morgan fingerprint density at radius 3 is 2.44 bits per heavy atom. The second-order valence-corrected chi connectivity index (χ2v) is 8.41. The van der Waals surface area contributed by atoms with Gasteiger partial charge in [-0.05, 0) is 37.1 Å². The maximum Gasteiger partial charge on any atom is 0.339 e. The Hall–Kier alpha value is -2.87. The van der Waals surface area contributed by atoms with Gasteiger partial charge in [-0.1, -0.05) is 30.3 Å². The topological polar surface area (TPSA) is 107 Å². The van der Waals surface area contributed by atoms with E-state index >= 15 is 0 Å². The third-order valence-electron chi connectivity index (χ3n) is 4.41. The summed E-state index contributed by atoms with van der Waals surface area (Å²) in [6, 6.07) is 12.9. The molecule has 1 aliphatic heterocycles. The highest BCUT2D eigenvalue weighted by Crippen LogP contribution is 2.35. The summed E-state index contributed by atoms with van der Waals surface area (Å²) >= 11 is 0. The SMILES string of the molecule is C[C@@H]1Cc2cc(C(=O)O[C@@H](C(N)=O)c3ccccc3)ccc2N1S(C)(=O)=O. The molecule has 0 radical (unpaired) electrons. The minimum absolute atomic E-state index is 0.232. The summed E-state index contributed by atoms with van der Waals surface area (Å²) in [5.41, 5.74) is 7.38. The molecular weight excluding hydrogens is 368 g/mol. The Labute approximate surface area is 157 Å². The van der Waals surface area contributed by atoms with E-state index in [0.717, 1.165) is 11.8 Å². The number of rotatable bonds is 5. The van der Waals surface area contributed by atoms with Crippen LogP contribution < -0.4 is 10.0 Å². The van der Waals surface area contributed by atoms with Gasteiger partial charge < -0.3 is 10.5 Å². The van der Waals surface area contributed by atoms with Crippen molar-refractivity contribution >= 4 is 27.6 Å². The molecular formula is C19H20N2O5S. The molecule has 2 aromatic carbocycles. The Kier molecular flexibility index (Phi) is 4.93. The normalized spacial score (nSPS) is 17.3. The number of nitrogens with two attached hydrogens (primary N) is 1. The van der Waals surface area contributed by atoms with Gasteiger partial charge in [-0.3, -0.25) is 9.10 Å². The van der Waals surface area contributed by atoms with Crippen molar-refractivity contribution in [2.24, 2.45) is 5.73 Å². The maximum atomic E-state index is 12.5. The van der Waals surface area contributed by atoms with Crippen molar-refractivity contribution < 1.29 is 22.7 Å². The zero-order valence-electron chi connectivity index (χ0n) is 15.0. The predicted octanol–water partition coefficient (Wildman–Crippen LogP) is 1.78. The zero-order chi connectivity index (χ0) is 19.8. The lowest BCUT2D eigenvalue weighted by Crippen LogP contribution is -2.34. The largest absolute Gasteiger partial charge is 0.444 e. The molecule has 0 fully saturated rings. The molecule has 2 N–H and O–H groups in total. The van der Waals surface area contributed by atoms with Gasteiger partial charge in [0.1, 0.15) is 0 Å². The van der Waals surface area contributed by atoms with Gasteiger partial charge in [0, 0.05) is 11.6 Å². The first-order valence-corrected chi connectivity index (χ1v) is 10.2. The summed E-state index contributed by atoms with van der Waals surface area (Å²) in [5, 5.41) is 0. The number of nitrogens with zero attached hydrogens (tertiary/aromatic N) is 1. The third kappa shape index (κ3) is 3.80. The number of hydrogen-bond acceptors (Lipinski definition) is 5. The molecule has 27 heavy (non-hydrogen) atoms. The molecule has 1 amide bonds. The van der Waals surface area contributed by atoms with Gasteiger partial charge in [-0.2, -0.15) is 0 Å². The van der Waals surface area contributed by atoms with Crippen LogP contribution in [-0.4, -0.2) is 32.6 Å². The van der Waals surface area contributed by atoms with Gasteiger partial charge in [0.05, 0.1) is 17.5 Å². The molecule has 8 heteroatoms. The Morgan fingerprint density at radius 1 is 1.19 bits per heavy atom. The Balaban J connectivity index is 1.87. The number of amides is 1. The standard InChI is InChI=1S/C19H20N2O5S/c1-12-10-15-11-14(8-9-16(15)21(12)27(2,24)25)19(23)26-17(18(20)22)13-6-4-3-5-7-13/h3-9,11-12,17H,10H2,1-2H3,(H2,20,22)/t12-,17-/m1/s1. The number of hydrogen-bond donors (Lipinski definition) is 1. The highest BCUT2D eigenvalue weighted by atomic mass is 32.2. The van der Waals surface area contributed by atoms with E-state index in [1.807, 2.05) is 0 Å². The van der Waals surface area contributed by atoms with Crippen LogP contribution in [0.3, 0.4) is 0 Å². The Morgan fingerprint density at radius 2 is 1.85 bits per heavy atom. The van der Waals surface area contributed by atoms with E-state index < -0.39 is 28.0 Å². The van der Waals surface area contributed by atoms with Crippen LogP contribution in [0.25, 0.3) is 0 Å². The van der Waals surface area contributed by atoms with Crippen LogP contribution in [0.5, 0.6) is 0 Å². The Bertz CT molecular complexity index is 988. The fourth-order valence-corrected chi connectivity index (χ4v) is 4.59. The van der Waals surface area contributed by atoms with Crippen LogP contribution >= 0.6 is 0 Å². The van der Waals surface area contributed by atoms with Gasteiger partial charge in [0.2, 0.25) is 16.1 Å². The van der Waals surface area contributed by atoms with E-state index in [4.69, 9.17) is 10.5 Å². The average molecular weight is 388 g/mol. The highest BCUT2D eigenvalue weighted by molar-refractivity contribution is 7.92. The van der Waals surface area contributed by atoms with Crippen LogP contribution in [0.15, 0.2) is 48.5 Å². The molecule has 1 aliphatic rings. The molecule has 142 valence electrons. The van der Waals surface area contributed by atoms with Crippen molar-refractivity contribution in [3.63, 3.8) is 0 Å². The molecule has 1 heterocycles. The first kappa shape index (κ1) is 18.9. The van der Waals surface area contributed by atoms with Crippen molar-refractivity contribution in [1.29, 1.82) is 0 Å². The van der Waals surface area contributed by atoms with Crippen molar-refractivity contribution in [2.75, 3.05) is 10.6 Å². The summed E-state index contributed by atoms with van der Waals surface area (Å²) in [4.78, 5) is 24.3. The van der Waals surface area contributed by atoms with Crippen LogP contribution in [0.4, 0.5) is 5.69 Å². The number of sulfonamides is 1. The van der Waals surface area contributed by atoms with E-state index in [-0.39, 0.29) is 11.6 Å². The number of primary amides is 1. The number of ether oxygens (including phenoxy) is 1. The van der Waals surface area contributed by atoms with Crippen molar-refractivity contribution in [2.45, 2.75) is 25.5 Å². The first-order valence-electron chi connectivity index (χ1n) is 8.36. The number of anilines is 1. The number of esters is 1. The minimum atomic E-state index is -3.41. The van der Waals surface area contributed by atoms with Gasteiger partial charge in [-0.25, -0.2) is 13.2 Å². The second-order valence-electron chi connectivity index (χ2n) is 6.55. The molecule has 3 rings (SSSR count). The monoisotopic (exact) mass is 388 g/mol. The molecule has 0 bridgehead atoms. The molecule has 2 aromatic rings. The quantitative estimate of drug-likeness (QED) is 0.786. The van der Waals surface area contributed by atoms with Gasteiger partial charge >= 0.3 is 5.97 Å². The number of carbonyl (C=O) groups is 2. The molecule has 0 saturated heterocycles. The third-order valence-corrected chi connectivity index (χ3v) is 5.68. The minimum Gasteiger partial charge on any atom is -0.444 e. The first-order chi connectivity index (χ1) is 12.7. The molecule has 7 nitrogen and oxygen atoms in total. The van der Waals surface area contributed by atoms with Crippen LogP contribution in [0, 0.1) is 0 Å². The number of carbonyl (C=O) groups excluding carboxylic acids is 2. The van der Waals surface area contributed by atoms with E-state index in [2.05, 4.69) is 0 Å². The summed E-state index contributed by atoms with van der Waals surface area (Å²) in [6.07, 6.45) is 0.443. The lowest BCUT2D eigenvalue weighted by atomic mass is 10.1. The highest BCUT2D eigenvalue weighted by Gasteiger charge is 2.33. The van der Waals surface area contributed by atoms with Gasteiger partial charge in [0.15, 0.2) is 0 Å². The lowest BCUT2D eigenvalue weighted by Gasteiger charge is -2.22. The smallest absolute Gasteiger partial charge is 0.339 e. The summed E-state index contributed by atoms with van der Waals surface area (Å²) < 4.78 is 30.6. The van der Waals surface area contributed by atoms with E-state index in [1.54, 1.807) is 49.4 Å². The van der Waals surface area contributed by atoms with Crippen molar-refractivity contribution in [3.05, 3.63) is 65.2 Å². The summed E-state index contributed by atoms with van der Waals surface area (Å²) in [5.74, 6) is -1.47. The molecule has 0 saturated carbocycles. The number of benzene rings is 2. The zero-order valence-corrected chi connectivity index (χ0v) is 15.8. The van der Waals surface area contributed by atoms with Crippen LogP contribution in [0.1, 0.15) is 34.5 Å². The molecule has 0 spiro atoms. The summed E-state index contributed by atoms with van der Waals surface area (Å²) in [6.45, 7) is 1.80. The molecule has 0 unspecified atom stereocenters. The molecule has 0 aromatic heterocycles. The fourth-order valence-electron chi connectivity index (χ4n) is 3.33. The van der Waals surface area contributed by atoms with Crippen molar-refractivity contribution in [1.82, 2.24) is 0 Å². The predicted molar refractivity (Wildman–Crippen MR) is 101 cm³/mol. The maximum absolute atomic E-state index is 12.5. The van der Waals surface area contributed by atoms with E-state index in [1.165, 1.54) is 10.4 Å². The molecule has 2 atom stereocenters. The second kappa shape index (κ2) is 7.03. The molecule has 0 aliphatic carbocycles. The summed E-state index contributed by atoms with van der Waals surface area (Å²) in [7, 11) is -3.41. The van der Waals surface area contributed by atoms with Crippen LogP contribution in [0.2, 0.25) is 0 Å². The van der Waals surface area contributed by atoms with Crippen molar-refractivity contribution in [3.8, 4) is 0 Å². The average Bonchev–Trinajstić information content (AvgIpc) is 2.94. The lowest BCUT2D eigenvalue weighted by molar-refractivity contribution is -0.127.